The molecule has 3 aliphatic rings. The summed E-state index contributed by atoms with van der Waals surface area (Å²) in [5.74, 6) is -2.88. The molecule has 0 aromatic rings. The molecule has 0 saturated carbocycles. The Labute approximate surface area is 244 Å². The van der Waals surface area contributed by atoms with Crippen LogP contribution in [0.3, 0.4) is 0 Å². The third-order valence-corrected chi connectivity index (χ3v) is 8.51. The molecular weight excluding hydrogens is 526 g/mol. The minimum Gasteiger partial charge on any atom is -0.460 e. The van der Waals surface area contributed by atoms with E-state index in [-0.39, 0.29) is 36.8 Å². The van der Waals surface area contributed by atoms with Crippen LogP contribution < -0.4 is 5.32 Å². The molecule has 41 heavy (non-hydrogen) atoms. The van der Waals surface area contributed by atoms with Gasteiger partial charge in [0.15, 0.2) is 0 Å². The van der Waals surface area contributed by atoms with Gasteiger partial charge in [0.1, 0.15) is 17.7 Å². The molecule has 10 nitrogen and oxygen atoms in total. The van der Waals surface area contributed by atoms with Crippen LogP contribution in [0, 0.1) is 17.8 Å². The average molecular weight is 576 g/mol. The van der Waals surface area contributed by atoms with Gasteiger partial charge in [-0.3, -0.25) is 19.2 Å². The normalized spacial score (nSPS) is 27.9. The van der Waals surface area contributed by atoms with E-state index in [0.717, 1.165) is 12.8 Å². The number of unbranched alkanes of at least 4 members (excludes halogenated alkanes) is 1. The lowest BCUT2D eigenvalue weighted by atomic mass is 9.70. The summed E-state index contributed by atoms with van der Waals surface area (Å²) in [6, 6.07) is -1.53. The molecule has 0 aromatic heterocycles. The van der Waals surface area contributed by atoms with Crippen molar-refractivity contribution in [3.63, 3.8) is 0 Å². The van der Waals surface area contributed by atoms with Crippen molar-refractivity contribution in [2.24, 2.45) is 17.8 Å². The number of carbonyl (C=O) groups excluding carboxylic acids is 4. The maximum Gasteiger partial charge on any atom is 0.312 e. The quantitative estimate of drug-likeness (QED) is 0.202. The number of hydrogen-bond acceptors (Lipinski definition) is 7. The maximum absolute atomic E-state index is 14.3. The molecule has 3 fully saturated rings. The zero-order valence-corrected chi connectivity index (χ0v) is 25.2. The van der Waals surface area contributed by atoms with E-state index in [1.54, 1.807) is 24.0 Å². The molecular formula is C31H49N3O7. The predicted octanol–water partition coefficient (Wildman–Crippen LogP) is 2.60. The van der Waals surface area contributed by atoms with Gasteiger partial charge < -0.3 is 29.7 Å². The van der Waals surface area contributed by atoms with E-state index in [1.165, 1.54) is 4.90 Å². The van der Waals surface area contributed by atoms with E-state index in [1.807, 2.05) is 20.8 Å². The third kappa shape index (κ3) is 6.85. The SMILES string of the molecule is C=CCCC(=O)NC[C@@H](C)OC(=O)[C@@H]1[C@H]2C(=O)N([C@@H](CO)CC(C)C)[C@H](C(=O)N(CC=C)CCCC)[C@]23CC[C@H]1O3. The van der Waals surface area contributed by atoms with Crippen molar-refractivity contribution in [1.82, 2.24) is 15.1 Å². The number of nitrogens with one attached hydrogen (secondary N) is 1. The lowest BCUT2D eigenvalue weighted by Gasteiger charge is -2.39. The molecule has 3 heterocycles. The van der Waals surface area contributed by atoms with Gasteiger partial charge >= 0.3 is 5.97 Å². The number of rotatable bonds is 17. The molecule has 10 heteroatoms. The maximum atomic E-state index is 14.3. The van der Waals surface area contributed by atoms with Gasteiger partial charge in [-0.1, -0.05) is 39.3 Å². The van der Waals surface area contributed by atoms with Crippen LogP contribution in [-0.4, -0.2) is 94.7 Å². The zero-order valence-electron chi connectivity index (χ0n) is 25.2. The molecule has 0 unspecified atom stereocenters. The first-order valence-corrected chi connectivity index (χ1v) is 15.1. The number of ether oxygens (including phenoxy) is 2. The van der Waals surface area contributed by atoms with Crippen LogP contribution in [0.5, 0.6) is 0 Å². The van der Waals surface area contributed by atoms with E-state index >= 15 is 0 Å². The standard InChI is InChI=1S/C31H49N3O7/c1-7-10-12-24(36)32-18-21(6)40-30(39)25-23-13-14-31(41-23)26(25)28(37)34(22(19-35)17-20(4)5)27(31)29(38)33(15-9-3)16-11-8-2/h7,9,20-23,25-27,35H,1,3,8,10-19H2,2,4-6H3,(H,32,36)/t21-,22-,23-,25+,26+,27-,31+/m1/s1. The Bertz CT molecular complexity index is 985. The summed E-state index contributed by atoms with van der Waals surface area (Å²) in [6.45, 7) is 15.9. The van der Waals surface area contributed by atoms with Crippen LogP contribution in [0.25, 0.3) is 0 Å². The first kappa shape index (κ1) is 32.8. The van der Waals surface area contributed by atoms with Crippen molar-refractivity contribution in [3.05, 3.63) is 25.3 Å². The first-order chi connectivity index (χ1) is 19.6. The summed E-state index contributed by atoms with van der Waals surface area (Å²) in [6.07, 6.45) is 6.24. The van der Waals surface area contributed by atoms with Crippen LogP contribution in [0.4, 0.5) is 0 Å². The molecule has 3 aliphatic heterocycles. The highest BCUT2D eigenvalue weighted by Crippen LogP contribution is 2.59. The number of carbonyl (C=O) groups is 4. The second kappa shape index (κ2) is 14.4. The van der Waals surface area contributed by atoms with Crippen LogP contribution in [0.1, 0.15) is 72.6 Å². The lowest BCUT2D eigenvalue weighted by molar-refractivity contribution is -0.160. The van der Waals surface area contributed by atoms with Crippen LogP contribution >= 0.6 is 0 Å². The Morgan fingerprint density at radius 2 is 2.00 bits per heavy atom. The van der Waals surface area contributed by atoms with Crippen molar-refractivity contribution in [2.45, 2.75) is 103 Å². The van der Waals surface area contributed by atoms with Gasteiger partial charge in [-0.15, -0.1) is 13.2 Å². The number of esters is 1. The van der Waals surface area contributed by atoms with Crippen LogP contribution in [0.15, 0.2) is 25.3 Å². The Morgan fingerprint density at radius 3 is 2.61 bits per heavy atom. The number of allylic oxidation sites excluding steroid dienone is 1. The topological polar surface area (TPSA) is 125 Å². The number of nitrogens with zero attached hydrogens (tertiary/aromatic N) is 2. The molecule has 2 bridgehead atoms. The Balaban J connectivity index is 1.90. The number of aliphatic hydroxyl groups excluding tert-OH is 1. The Morgan fingerprint density at radius 1 is 1.27 bits per heavy atom. The number of likely N-dealkylation sites (tertiary alicyclic amines) is 1. The summed E-state index contributed by atoms with van der Waals surface area (Å²) >= 11 is 0. The second-order valence-electron chi connectivity index (χ2n) is 12.1. The monoisotopic (exact) mass is 575 g/mol. The van der Waals surface area contributed by atoms with Crippen molar-refractivity contribution in [3.8, 4) is 0 Å². The third-order valence-electron chi connectivity index (χ3n) is 8.51. The van der Waals surface area contributed by atoms with Gasteiger partial charge in [0.05, 0.1) is 37.1 Å². The highest BCUT2D eigenvalue weighted by molar-refractivity contribution is 5.98. The van der Waals surface area contributed by atoms with Crippen LogP contribution in [0.2, 0.25) is 0 Å². The fourth-order valence-corrected chi connectivity index (χ4v) is 6.72. The molecule has 2 N–H and O–H groups in total. The van der Waals surface area contributed by atoms with Gasteiger partial charge in [-0.2, -0.15) is 0 Å². The number of aliphatic hydroxyl groups is 1. The molecule has 3 saturated heterocycles. The van der Waals surface area contributed by atoms with Crippen molar-refractivity contribution in [2.75, 3.05) is 26.2 Å². The van der Waals surface area contributed by atoms with Crippen molar-refractivity contribution in [1.29, 1.82) is 0 Å². The fraction of sp³-hybridized carbons (Fsp3) is 0.742. The minimum atomic E-state index is -1.17. The molecule has 230 valence electrons. The van der Waals surface area contributed by atoms with Crippen molar-refractivity contribution >= 4 is 23.7 Å². The van der Waals surface area contributed by atoms with E-state index in [4.69, 9.17) is 9.47 Å². The summed E-state index contributed by atoms with van der Waals surface area (Å²) in [4.78, 5) is 57.3. The largest absolute Gasteiger partial charge is 0.460 e. The first-order valence-electron chi connectivity index (χ1n) is 15.1. The Hall–Kier alpha value is -2.72. The van der Waals surface area contributed by atoms with E-state index in [2.05, 4.69) is 18.5 Å². The lowest BCUT2D eigenvalue weighted by Crippen LogP contribution is -2.59. The molecule has 7 atom stereocenters. The number of hydrogen-bond donors (Lipinski definition) is 2. The molecule has 0 radical (unpaired) electrons. The van der Waals surface area contributed by atoms with Crippen LogP contribution in [-0.2, 0) is 28.7 Å². The molecule has 3 amide bonds. The minimum absolute atomic E-state index is 0.145. The summed E-state index contributed by atoms with van der Waals surface area (Å²) in [5, 5.41) is 13.2. The van der Waals surface area contributed by atoms with Gasteiger partial charge in [-0.05, 0) is 44.9 Å². The molecule has 1 spiro atoms. The second-order valence-corrected chi connectivity index (χ2v) is 12.1. The predicted molar refractivity (Wildman–Crippen MR) is 154 cm³/mol. The summed E-state index contributed by atoms with van der Waals surface area (Å²) in [5.41, 5.74) is -1.17. The van der Waals surface area contributed by atoms with E-state index in [9.17, 15) is 24.3 Å². The highest BCUT2D eigenvalue weighted by atomic mass is 16.6. The number of amides is 3. The fourth-order valence-electron chi connectivity index (χ4n) is 6.72. The Kier molecular flexibility index (Phi) is 11.6. The average Bonchev–Trinajstić information content (AvgIpc) is 3.58. The van der Waals surface area contributed by atoms with E-state index < -0.39 is 47.7 Å². The van der Waals surface area contributed by atoms with Gasteiger partial charge in [0.25, 0.3) is 0 Å². The summed E-state index contributed by atoms with van der Waals surface area (Å²) < 4.78 is 12.2. The molecule has 0 aliphatic carbocycles. The van der Waals surface area contributed by atoms with Gasteiger partial charge in [0.2, 0.25) is 17.7 Å². The highest BCUT2D eigenvalue weighted by Gasteiger charge is 2.75. The molecule has 3 rings (SSSR count). The van der Waals surface area contributed by atoms with Crippen molar-refractivity contribution < 1.29 is 33.8 Å². The smallest absolute Gasteiger partial charge is 0.312 e. The number of fused-ring (bicyclic) bond motifs is 1. The van der Waals surface area contributed by atoms with E-state index in [0.29, 0.717) is 45.2 Å². The zero-order chi connectivity index (χ0) is 30.3. The van der Waals surface area contributed by atoms with Gasteiger partial charge in [0, 0.05) is 19.5 Å². The van der Waals surface area contributed by atoms with Gasteiger partial charge in [-0.25, -0.2) is 0 Å². The summed E-state index contributed by atoms with van der Waals surface area (Å²) in [7, 11) is 0. The molecule has 0 aromatic carbocycles.